The normalized spacial score (nSPS) is 10.5. The molecule has 0 saturated carbocycles. The quantitative estimate of drug-likeness (QED) is 0.0655. The lowest BCUT2D eigenvalue weighted by Crippen LogP contribution is -2.29. The Balaban J connectivity index is 0.000000248. The molecule has 4 rings (SSSR count). The molecule has 0 aliphatic heterocycles. The molecule has 37 heavy (non-hydrogen) atoms. The highest BCUT2D eigenvalue weighted by atomic mass is 127. The van der Waals surface area contributed by atoms with Crippen LogP contribution in [0.2, 0.25) is 0 Å². The molecule has 0 saturated heterocycles. The van der Waals surface area contributed by atoms with E-state index in [4.69, 9.17) is 0 Å². The van der Waals surface area contributed by atoms with Gasteiger partial charge in [-0.25, -0.2) is 4.79 Å². The molecule has 0 aromatic heterocycles. The van der Waals surface area contributed by atoms with Crippen molar-refractivity contribution in [2.75, 3.05) is 4.93 Å². The summed E-state index contributed by atoms with van der Waals surface area (Å²) in [4.78, 5) is 17.1. The van der Waals surface area contributed by atoms with Gasteiger partial charge in [-0.15, -0.1) is 0 Å². The van der Waals surface area contributed by atoms with Gasteiger partial charge in [-0.05, 0) is 121 Å². The van der Waals surface area contributed by atoms with Crippen LogP contribution in [0.5, 0.6) is 5.75 Å². The predicted octanol–water partition coefficient (Wildman–Crippen LogP) is 9.89. The molecule has 0 heterocycles. The number of ether oxygens (including phenoxy) is 1. The summed E-state index contributed by atoms with van der Waals surface area (Å²) < 4.78 is 32.2. The van der Waals surface area contributed by atoms with E-state index in [1.165, 1.54) is 14.7 Å². The molecule has 0 N–H and O–H groups in total. The lowest BCUT2D eigenvalue weighted by Gasteiger charge is -2.12. The lowest BCUT2D eigenvalue weighted by molar-refractivity contribution is -0.158. The molecule has 0 spiro atoms. The summed E-state index contributed by atoms with van der Waals surface area (Å²) in [5.74, 6) is -4.83. The SMILES string of the molecule is CC(F)(F)C(=O)Oc1c(I)cc(I)cc1I.CI.c1ccc([S+](c2ccccc2)c2ccccc2)cc1. The summed E-state index contributed by atoms with van der Waals surface area (Å²) >= 11 is 8.13. The largest absolute Gasteiger partial charge is 0.420 e. The van der Waals surface area contributed by atoms with Crippen molar-refractivity contribution in [2.24, 2.45) is 0 Å². The molecule has 0 atom stereocenters. The molecule has 0 unspecified atom stereocenters. The van der Waals surface area contributed by atoms with Crippen LogP contribution in [0.4, 0.5) is 8.78 Å². The molecule has 0 aliphatic carbocycles. The first-order chi connectivity index (χ1) is 17.7. The van der Waals surface area contributed by atoms with E-state index in [-0.39, 0.29) is 16.6 Å². The molecule has 2 nitrogen and oxygen atoms in total. The van der Waals surface area contributed by atoms with Crippen LogP contribution >= 0.6 is 90.4 Å². The van der Waals surface area contributed by atoms with Crippen molar-refractivity contribution < 1.29 is 18.3 Å². The van der Waals surface area contributed by atoms with Gasteiger partial charge in [-0.1, -0.05) is 77.2 Å². The molecule has 9 heteroatoms. The Kier molecular flexibility index (Phi) is 14.6. The Morgan fingerprint density at radius 2 is 1.03 bits per heavy atom. The topological polar surface area (TPSA) is 26.3 Å². The Hall–Kier alpha value is -0.520. The highest BCUT2D eigenvalue weighted by molar-refractivity contribution is 14.1. The van der Waals surface area contributed by atoms with Crippen molar-refractivity contribution in [1.82, 2.24) is 0 Å². The minimum absolute atomic E-state index is 0.0146. The molecule has 0 bridgehead atoms. The van der Waals surface area contributed by atoms with Gasteiger partial charge >= 0.3 is 11.9 Å². The fourth-order valence-corrected chi connectivity index (χ4v) is 8.79. The Morgan fingerprint density at radius 3 is 1.32 bits per heavy atom. The summed E-state index contributed by atoms with van der Waals surface area (Å²) in [6.45, 7) is 0.516. The van der Waals surface area contributed by atoms with Crippen LogP contribution in [0.15, 0.2) is 118 Å². The zero-order chi connectivity index (χ0) is 27.4. The number of hydrogen-bond donors (Lipinski definition) is 0. The summed E-state index contributed by atoms with van der Waals surface area (Å²) in [6, 6.07) is 35.7. The van der Waals surface area contributed by atoms with E-state index < -0.39 is 11.9 Å². The maximum Gasteiger partial charge on any atom is 0.382 e. The van der Waals surface area contributed by atoms with Gasteiger partial charge in [-0.3, -0.25) is 0 Å². The van der Waals surface area contributed by atoms with E-state index in [0.29, 0.717) is 14.1 Å². The average molecular weight is 969 g/mol. The number of benzene rings is 4. The van der Waals surface area contributed by atoms with Gasteiger partial charge in [-0.2, -0.15) is 8.78 Å². The van der Waals surface area contributed by atoms with Crippen LogP contribution < -0.4 is 4.74 Å². The molecule has 0 fully saturated rings. The number of alkyl halides is 3. The minimum Gasteiger partial charge on any atom is -0.420 e. The first-order valence-corrected chi connectivity index (χ1v) is 17.3. The molecule has 0 amide bonds. The number of carbonyl (C=O) groups excluding carboxylic acids is 1. The fraction of sp³-hybridized carbons (Fsp3) is 0.107. The van der Waals surface area contributed by atoms with Crippen molar-refractivity contribution >= 4 is 107 Å². The smallest absolute Gasteiger partial charge is 0.382 e. The maximum absolute atomic E-state index is 12.7. The second-order valence-corrected chi connectivity index (χ2v) is 12.8. The summed E-state index contributed by atoms with van der Waals surface area (Å²) in [5.41, 5.74) is 0. The van der Waals surface area contributed by atoms with E-state index in [9.17, 15) is 13.6 Å². The van der Waals surface area contributed by atoms with Crippen LogP contribution in [0.3, 0.4) is 0 Å². The van der Waals surface area contributed by atoms with E-state index in [1.54, 1.807) is 12.1 Å². The van der Waals surface area contributed by atoms with Crippen molar-refractivity contribution in [3.05, 3.63) is 114 Å². The van der Waals surface area contributed by atoms with Crippen molar-refractivity contribution in [2.45, 2.75) is 27.5 Å². The summed E-state index contributed by atoms with van der Waals surface area (Å²) in [5, 5.41) is 0. The first kappa shape index (κ1) is 32.7. The predicted molar refractivity (Wildman–Crippen MR) is 182 cm³/mol. The lowest BCUT2D eigenvalue weighted by atomic mass is 10.3. The van der Waals surface area contributed by atoms with Gasteiger partial charge in [0.1, 0.15) is 0 Å². The number of halogens is 6. The van der Waals surface area contributed by atoms with Gasteiger partial charge < -0.3 is 4.74 Å². The third-order valence-electron chi connectivity index (χ3n) is 4.45. The zero-order valence-corrected chi connectivity index (χ0v) is 29.3. The van der Waals surface area contributed by atoms with E-state index in [1.807, 2.05) is 50.1 Å². The van der Waals surface area contributed by atoms with Gasteiger partial charge in [0, 0.05) is 10.5 Å². The second kappa shape index (κ2) is 16.6. The Morgan fingerprint density at radius 1 is 0.703 bits per heavy atom. The molecular weight excluding hydrogens is 946 g/mol. The number of esters is 1. The third-order valence-corrected chi connectivity index (χ3v) is 8.91. The van der Waals surface area contributed by atoms with Gasteiger partial charge in [0.05, 0.1) is 18.0 Å². The Labute approximate surface area is 274 Å². The minimum atomic E-state index is -3.48. The van der Waals surface area contributed by atoms with Crippen molar-refractivity contribution in [1.29, 1.82) is 0 Å². The second-order valence-electron chi connectivity index (χ2n) is 7.22. The summed E-state index contributed by atoms with van der Waals surface area (Å²) in [6.07, 6.45) is 0. The van der Waals surface area contributed by atoms with Crippen molar-refractivity contribution in [3.8, 4) is 5.75 Å². The summed E-state index contributed by atoms with van der Waals surface area (Å²) in [7, 11) is -0.0146. The Bertz CT molecular complexity index is 1140. The van der Waals surface area contributed by atoms with Gasteiger partial charge in [0.2, 0.25) is 0 Å². The molecule has 4 aromatic rings. The zero-order valence-electron chi connectivity index (χ0n) is 19.8. The molecule has 0 aliphatic rings. The maximum atomic E-state index is 12.7. The third kappa shape index (κ3) is 10.5. The molecular formula is C28H23F2I4O2S+. The van der Waals surface area contributed by atoms with Gasteiger partial charge in [0.25, 0.3) is 0 Å². The first-order valence-electron chi connectivity index (χ1n) is 10.7. The van der Waals surface area contributed by atoms with Crippen LogP contribution in [0.25, 0.3) is 0 Å². The monoisotopic (exact) mass is 969 g/mol. The van der Waals surface area contributed by atoms with Crippen LogP contribution in [0.1, 0.15) is 6.92 Å². The molecule has 194 valence electrons. The van der Waals surface area contributed by atoms with Crippen LogP contribution in [-0.4, -0.2) is 16.8 Å². The highest BCUT2D eigenvalue weighted by Crippen LogP contribution is 2.32. The number of rotatable bonds is 5. The number of carbonyl (C=O) groups is 1. The van der Waals surface area contributed by atoms with Crippen molar-refractivity contribution in [3.63, 3.8) is 0 Å². The highest BCUT2D eigenvalue weighted by Gasteiger charge is 2.35. The van der Waals surface area contributed by atoms with Gasteiger partial charge in [0.15, 0.2) is 20.4 Å². The van der Waals surface area contributed by atoms with E-state index in [0.717, 1.165) is 3.57 Å². The average Bonchev–Trinajstić information content (AvgIpc) is 2.89. The van der Waals surface area contributed by atoms with Crippen LogP contribution in [0, 0.1) is 10.7 Å². The van der Waals surface area contributed by atoms with E-state index >= 15 is 0 Å². The molecule has 4 aromatic carbocycles. The standard InChI is InChI=1S/C18H15S.C9H5F2I3O2.CH3I/c1-4-10-16(11-5-1)19(17-12-6-2-7-13-17)18-14-8-3-9-15-18;1-9(10,11)8(15)16-7-5(13)2-4(12)3-6(7)14;1-2/h1-15H;2-3H,1H3;1H3/q+1;;. The van der Waals surface area contributed by atoms with Crippen LogP contribution in [-0.2, 0) is 15.7 Å². The fourth-order valence-electron chi connectivity index (χ4n) is 2.89. The number of hydrogen-bond acceptors (Lipinski definition) is 2. The van der Waals surface area contributed by atoms with E-state index in [2.05, 4.69) is 141 Å². The molecule has 0 radical (unpaired) electrons.